The Morgan fingerprint density at radius 2 is 1.78 bits per heavy atom. The lowest BCUT2D eigenvalue weighted by molar-refractivity contribution is 0.0746. The standard InChI is InChI=1S/C17H21N5O/c1-2-18-15-8-9-16(20-19-15)21-10-12-22(13-11-21)17(23)14-6-4-3-5-7-14/h3-9H,2,10-13H2,1H3,(H,18,19). The smallest absolute Gasteiger partial charge is 0.253 e. The minimum Gasteiger partial charge on any atom is -0.369 e. The molecule has 1 saturated heterocycles. The Hall–Kier alpha value is -2.63. The van der Waals surface area contributed by atoms with Crippen LogP contribution in [0.3, 0.4) is 0 Å². The average molecular weight is 311 g/mol. The zero-order valence-corrected chi connectivity index (χ0v) is 13.3. The summed E-state index contributed by atoms with van der Waals surface area (Å²) in [5.74, 6) is 1.74. The SMILES string of the molecule is CCNc1ccc(N2CCN(C(=O)c3ccccc3)CC2)nn1. The topological polar surface area (TPSA) is 61.4 Å². The Balaban J connectivity index is 1.59. The minimum atomic E-state index is 0.0961. The van der Waals surface area contributed by atoms with E-state index in [0.29, 0.717) is 13.1 Å². The van der Waals surface area contributed by atoms with Crippen molar-refractivity contribution in [2.24, 2.45) is 0 Å². The van der Waals surface area contributed by atoms with E-state index < -0.39 is 0 Å². The van der Waals surface area contributed by atoms with Gasteiger partial charge in [0.1, 0.15) is 5.82 Å². The minimum absolute atomic E-state index is 0.0961. The molecule has 1 aliphatic rings. The zero-order valence-electron chi connectivity index (χ0n) is 13.3. The molecule has 2 aromatic rings. The molecule has 1 aromatic carbocycles. The molecule has 0 atom stereocenters. The van der Waals surface area contributed by atoms with Crippen molar-refractivity contribution in [2.45, 2.75) is 6.92 Å². The molecule has 0 bridgehead atoms. The van der Waals surface area contributed by atoms with Crippen molar-refractivity contribution >= 4 is 17.5 Å². The fourth-order valence-electron chi connectivity index (χ4n) is 2.67. The third kappa shape index (κ3) is 3.59. The molecule has 0 aliphatic carbocycles. The van der Waals surface area contributed by atoms with Crippen LogP contribution in [0.15, 0.2) is 42.5 Å². The number of amides is 1. The predicted molar refractivity (Wildman–Crippen MR) is 90.8 cm³/mol. The molecule has 1 amide bonds. The Labute approximate surface area is 136 Å². The number of nitrogens with one attached hydrogen (secondary N) is 1. The van der Waals surface area contributed by atoms with Gasteiger partial charge in [-0.25, -0.2) is 0 Å². The van der Waals surface area contributed by atoms with Crippen molar-refractivity contribution in [3.63, 3.8) is 0 Å². The Morgan fingerprint density at radius 1 is 1.04 bits per heavy atom. The van der Waals surface area contributed by atoms with E-state index in [1.165, 1.54) is 0 Å². The maximum Gasteiger partial charge on any atom is 0.253 e. The zero-order chi connectivity index (χ0) is 16.1. The monoisotopic (exact) mass is 311 g/mol. The van der Waals surface area contributed by atoms with Gasteiger partial charge in [0.25, 0.3) is 5.91 Å². The molecule has 0 unspecified atom stereocenters. The first-order chi connectivity index (χ1) is 11.3. The number of hydrogen-bond donors (Lipinski definition) is 1. The summed E-state index contributed by atoms with van der Waals surface area (Å²) in [6.45, 7) is 5.79. The van der Waals surface area contributed by atoms with Crippen LogP contribution in [0.1, 0.15) is 17.3 Å². The Kier molecular flexibility index (Phi) is 4.71. The van der Waals surface area contributed by atoms with Crippen LogP contribution in [0.4, 0.5) is 11.6 Å². The quantitative estimate of drug-likeness (QED) is 0.934. The van der Waals surface area contributed by atoms with E-state index in [9.17, 15) is 4.79 Å². The van der Waals surface area contributed by atoms with Crippen molar-refractivity contribution in [3.05, 3.63) is 48.0 Å². The number of benzene rings is 1. The number of anilines is 2. The van der Waals surface area contributed by atoms with Crippen LogP contribution in [0.25, 0.3) is 0 Å². The molecule has 23 heavy (non-hydrogen) atoms. The number of carbonyl (C=O) groups is 1. The van der Waals surface area contributed by atoms with Crippen molar-refractivity contribution in [1.29, 1.82) is 0 Å². The van der Waals surface area contributed by atoms with E-state index in [1.807, 2.05) is 54.3 Å². The third-order valence-electron chi connectivity index (χ3n) is 3.92. The fraction of sp³-hybridized carbons (Fsp3) is 0.353. The lowest BCUT2D eigenvalue weighted by atomic mass is 10.2. The van der Waals surface area contributed by atoms with Gasteiger partial charge in [-0.05, 0) is 31.2 Å². The Bertz CT molecular complexity index is 636. The Morgan fingerprint density at radius 3 is 2.39 bits per heavy atom. The summed E-state index contributed by atoms with van der Waals surface area (Å²) in [4.78, 5) is 16.5. The van der Waals surface area contributed by atoms with Gasteiger partial charge in [0.15, 0.2) is 5.82 Å². The summed E-state index contributed by atoms with van der Waals surface area (Å²) < 4.78 is 0. The molecule has 6 heteroatoms. The molecule has 1 N–H and O–H groups in total. The van der Waals surface area contributed by atoms with Gasteiger partial charge in [0.2, 0.25) is 0 Å². The van der Waals surface area contributed by atoms with Gasteiger partial charge in [-0.1, -0.05) is 18.2 Å². The van der Waals surface area contributed by atoms with Gasteiger partial charge < -0.3 is 15.1 Å². The van der Waals surface area contributed by atoms with Crippen LogP contribution in [-0.4, -0.2) is 53.7 Å². The first-order valence-corrected chi connectivity index (χ1v) is 7.95. The van der Waals surface area contributed by atoms with Crippen LogP contribution in [-0.2, 0) is 0 Å². The van der Waals surface area contributed by atoms with Gasteiger partial charge in [-0.15, -0.1) is 10.2 Å². The van der Waals surface area contributed by atoms with Crippen LogP contribution in [0, 0.1) is 0 Å². The highest BCUT2D eigenvalue weighted by molar-refractivity contribution is 5.94. The highest BCUT2D eigenvalue weighted by atomic mass is 16.2. The third-order valence-corrected chi connectivity index (χ3v) is 3.92. The maximum atomic E-state index is 12.4. The van der Waals surface area contributed by atoms with E-state index >= 15 is 0 Å². The van der Waals surface area contributed by atoms with Crippen molar-refractivity contribution in [1.82, 2.24) is 15.1 Å². The molecule has 0 spiro atoms. The van der Waals surface area contributed by atoms with Gasteiger partial charge in [0.05, 0.1) is 0 Å². The first-order valence-electron chi connectivity index (χ1n) is 7.95. The molecular weight excluding hydrogens is 290 g/mol. The summed E-state index contributed by atoms with van der Waals surface area (Å²) in [5, 5.41) is 11.6. The van der Waals surface area contributed by atoms with E-state index in [-0.39, 0.29) is 5.91 Å². The van der Waals surface area contributed by atoms with Gasteiger partial charge in [0, 0.05) is 38.3 Å². The molecule has 2 heterocycles. The average Bonchev–Trinajstić information content (AvgIpc) is 2.63. The molecule has 0 radical (unpaired) electrons. The molecule has 0 saturated carbocycles. The molecular formula is C17H21N5O. The lowest BCUT2D eigenvalue weighted by Crippen LogP contribution is -2.49. The van der Waals surface area contributed by atoms with Crippen molar-refractivity contribution in [3.8, 4) is 0 Å². The molecule has 1 aromatic heterocycles. The second kappa shape index (κ2) is 7.09. The van der Waals surface area contributed by atoms with Crippen LogP contribution in [0.2, 0.25) is 0 Å². The van der Waals surface area contributed by atoms with Crippen LogP contribution in [0.5, 0.6) is 0 Å². The van der Waals surface area contributed by atoms with Crippen LogP contribution < -0.4 is 10.2 Å². The fourth-order valence-corrected chi connectivity index (χ4v) is 2.67. The van der Waals surface area contributed by atoms with Gasteiger partial charge >= 0.3 is 0 Å². The molecule has 1 aliphatic heterocycles. The molecule has 120 valence electrons. The van der Waals surface area contributed by atoms with E-state index in [4.69, 9.17) is 0 Å². The number of hydrogen-bond acceptors (Lipinski definition) is 5. The number of rotatable bonds is 4. The summed E-state index contributed by atoms with van der Waals surface area (Å²) >= 11 is 0. The summed E-state index contributed by atoms with van der Waals surface area (Å²) in [6, 6.07) is 13.3. The second-order valence-electron chi connectivity index (χ2n) is 5.45. The lowest BCUT2D eigenvalue weighted by Gasteiger charge is -2.35. The number of aromatic nitrogens is 2. The predicted octanol–water partition coefficient (Wildman–Crippen LogP) is 1.87. The largest absolute Gasteiger partial charge is 0.369 e. The summed E-state index contributed by atoms with van der Waals surface area (Å²) in [7, 11) is 0. The van der Waals surface area contributed by atoms with Gasteiger partial charge in [-0.2, -0.15) is 0 Å². The molecule has 6 nitrogen and oxygen atoms in total. The van der Waals surface area contributed by atoms with Gasteiger partial charge in [-0.3, -0.25) is 4.79 Å². The van der Waals surface area contributed by atoms with E-state index in [2.05, 4.69) is 20.4 Å². The first kappa shape index (κ1) is 15.3. The number of piperazine rings is 1. The van der Waals surface area contributed by atoms with E-state index in [0.717, 1.165) is 36.8 Å². The normalized spacial score (nSPS) is 14.7. The van der Waals surface area contributed by atoms with E-state index in [1.54, 1.807) is 0 Å². The van der Waals surface area contributed by atoms with Crippen LogP contribution >= 0.6 is 0 Å². The highest BCUT2D eigenvalue weighted by Crippen LogP contribution is 2.15. The number of carbonyl (C=O) groups excluding carboxylic acids is 1. The maximum absolute atomic E-state index is 12.4. The van der Waals surface area contributed by atoms with Crippen molar-refractivity contribution in [2.75, 3.05) is 42.9 Å². The molecule has 3 rings (SSSR count). The van der Waals surface area contributed by atoms with Crippen molar-refractivity contribution < 1.29 is 4.79 Å². The summed E-state index contributed by atoms with van der Waals surface area (Å²) in [5.41, 5.74) is 0.746. The second-order valence-corrected chi connectivity index (χ2v) is 5.45. The highest BCUT2D eigenvalue weighted by Gasteiger charge is 2.22. The summed E-state index contributed by atoms with van der Waals surface area (Å²) in [6.07, 6.45) is 0. The molecule has 1 fully saturated rings. The number of nitrogens with zero attached hydrogens (tertiary/aromatic N) is 4.